The summed E-state index contributed by atoms with van der Waals surface area (Å²) in [6.45, 7) is 2.35. The number of aromatic nitrogens is 3. The number of hydrogen-bond donors (Lipinski definition) is 1. The van der Waals surface area contributed by atoms with Crippen molar-refractivity contribution in [3.8, 4) is 11.6 Å². The maximum Gasteiger partial charge on any atom is 0.251 e. The van der Waals surface area contributed by atoms with Crippen molar-refractivity contribution in [2.24, 2.45) is 0 Å². The summed E-state index contributed by atoms with van der Waals surface area (Å²) in [5.41, 5.74) is 2.49. The van der Waals surface area contributed by atoms with Crippen molar-refractivity contribution in [3.63, 3.8) is 0 Å². The molecule has 0 spiro atoms. The Morgan fingerprint density at radius 2 is 2.17 bits per heavy atom. The molecule has 0 bridgehead atoms. The van der Waals surface area contributed by atoms with Crippen LogP contribution >= 0.6 is 0 Å². The first kappa shape index (κ1) is 15.7. The van der Waals surface area contributed by atoms with E-state index in [0.29, 0.717) is 17.9 Å². The van der Waals surface area contributed by atoms with Crippen LogP contribution in [0.1, 0.15) is 21.5 Å². The van der Waals surface area contributed by atoms with E-state index in [9.17, 15) is 4.79 Å². The SMILES string of the molecule is COc1cc(C(=O)NCc2ccc(-n3ccnc3)nc2)ccc1C. The molecule has 122 valence electrons. The van der Waals surface area contributed by atoms with Gasteiger partial charge < -0.3 is 10.1 Å². The monoisotopic (exact) mass is 322 g/mol. The number of benzene rings is 1. The fourth-order valence-corrected chi connectivity index (χ4v) is 2.31. The Morgan fingerprint density at radius 3 is 2.83 bits per heavy atom. The summed E-state index contributed by atoms with van der Waals surface area (Å²) in [6, 6.07) is 9.21. The molecule has 6 nitrogen and oxygen atoms in total. The van der Waals surface area contributed by atoms with Crippen LogP contribution in [-0.2, 0) is 6.54 Å². The van der Waals surface area contributed by atoms with Crippen LogP contribution in [0, 0.1) is 6.92 Å². The molecule has 0 saturated carbocycles. The number of nitrogens with zero attached hydrogens (tertiary/aromatic N) is 3. The van der Waals surface area contributed by atoms with Crippen LogP contribution < -0.4 is 10.1 Å². The van der Waals surface area contributed by atoms with Gasteiger partial charge in [0.05, 0.1) is 7.11 Å². The molecule has 0 fully saturated rings. The van der Waals surface area contributed by atoms with Crippen molar-refractivity contribution >= 4 is 5.91 Å². The average Bonchev–Trinajstić information content (AvgIpc) is 3.15. The number of amides is 1. The number of nitrogens with one attached hydrogen (secondary N) is 1. The van der Waals surface area contributed by atoms with Crippen LogP contribution in [0.25, 0.3) is 5.82 Å². The Labute approximate surface area is 140 Å². The number of hydrogen-bond acceptors (Lipinski definition) is 4. The molecule has 0 aliphatic rings. The van der Waals surface area contributed by atoms with Crippen molar-refractivity contribution in [1.29, 1.82) is 0 Å². The highest BCUT2D eigenvalue weighted by molar-refractivity contribution is 5.94. The van der Waals surface area contributed by atoms with E-state index >= 15 is 0 Å². The lowest BCUT2D eigenvalue weighted by Crippen LogP contribution is -2.23. The Morgan fingerprint density at radius 1 is 1.29 bits per heavy atom. The van der Waals surface area contributed by atoms with Crippen molar-refractivity contribution in [1.82, 2.24) is 19.9 Å². The summed E-state index contributed by atoms with van der Waals surface area (Å²) in [4.78, 5) is 20.6. The number of carbonyl (C=O) groups excluding carboxylic acids is 1. The Kier molecular flexibility index (Phi) is 4.56. The van der Waals surface area contributed by atoms with E-state index in [1.807, 2.05) is 35.9 Å². The second-order valence-corrected chi connectivity index (χ2v) is 5.36. The number of imidazole rings is 1. The minimum absolute atomic E-state index is 0.146. The molecule has 1 N–H and O–H groups in total. The number of ether oxygens (including phenoxy) is 1. The van der Waals surface area contributed by atoms with Crippen molar-refractivity contribution in [2.75, 3.05) is 7.11 Å². The predicted molar refractivity (Wildman–Crippen MR) is 90.3 cm³/mol. The molecule has 3 rings (SSSR count). The Balaban J connectivity index is 1.64. The summed E-state index contributed by atoms with van der Waals surface area (Å²) in [7, 11) is 1.59. The number of aryl methyl sites for hydroxylation is 1. The fraction of sp³-hybridized carbons (Fsp3) is 0.167. The zero-order valence-electron chi connectivity index (χ0n) is 13.6. The number of pyridine rings is 1. The zero-order chi connectivity index (χ0) is 16.9. The maximum absolute atomic E-state index is 12.3. The van der Waals surface area contributed by atoms with Gasteiger partial charge in [0.25, 0.3) is 5.91 Å². The van der Waals surface area contributed by atoms with Crippen molar-refractivity contribution < 1.29 is 9.53 Å². The third-order valence-electron chi connectivity index (χ3n) is 3.70. The minimum atomic E-state index is -0.146. The lowest BCUT2D eigenvalue weighted by molar-refractivity contribution is 0.0950. The zero-order valence-corrected chi connectivity index (χ0v) is 13.6. The highest BCUT2D eigenvalue weighted by Gasteiger charge is 2.08. The van der Waals surface area contributed by atoms with E-state index in [-0.39, 0.29) is 5.91 Å². The highest BCUT2D eigenvalue weighted by atomic mass is 16.5. The smallest absolute Gasteiger partial charge is 0.251 e. The minimum Gasteiger partial charge on any atom is -0.496 e. The van der Waals surface area contributed by atoms with Gasteiger partial charge in [-0.15, -0.1) is 0 Å². The van der Waals surface area contributed by atoms with Gasteiger partial charge in [0.1, 0.15) is 17.9 Å². The Hall–Kier alpha value is -3.15. The van der Waals surface area contributed by atoms with Crippen molar-refractivity contribution in [3.05, 3.63) is 71.9 Å². The lowest BCUT2D eigenvalue weighted by Gasteiger charge is -2.09. The van der Waals surface area contributed by atoms with Crippen LogP contribution in [0.2, 0.25) is 0 Å². The summed E-state index contributed by atoms with van der Waals surface area (Å²) in [5, 5.41) is 2.89. The molecule has 0 radical (unpaired) electrons. The predicted octanol–water partition coefficient (Wildman–Crippen LogP) is 2.51. The summed E-state index contributed by atoms with van der Waals surface area (Å²) >= 11 is 0. The average molecular weight is 322 g/mol. The van der Waals surface area contributed by atoms with Gasteiger partial charge in [-0.05, 0) is 36.2 Å². The van der Waals surface area contributed by atoms with Gasteiger partial charge >= 0.3 is 0 Å². The molecule has 1 aromatic carbocycles. The molecule has 24 heavy (non-hydrogen) atoms. The molecule has 3 aromatic rings. The van der Waals surface area contributed by atoms with Gasteiger partial charge in [0.15, 0.2) is 0 Å². The largest absolute Gasteiger partial charge is 0.496 e. The molecular weight excluding hydrogens is 304 g/mol. The third-order valence-corrected chi connectivity index (χ3v) is 3.70. The van der Waals surface area contributed by atoms with Crippen LogP contribution in [0.5, 0.6) is 5.75 Å². The molecule has 1 amide bonds. The van der Waals surface area contributed by atoms with E-state index in [0.717, 1.165) is 16.9 Å². The molecule has 2 heterocycles. The molecule has 6 heteroatoms. The molecule has 0 aliphatic carbocycles. The van der Waals surface area contributed by atoms with Gasteiger partial charge in [0, 0.05) is 30.7 Å². The van der Waals surface area contributed by atoms with E-state index in [4.69, 9.17) is 4.74 Å². The van der Waals surface area contributed by atoms with Crippen LogP contribution in [-0.4, -0.2) is 27.6 Å². The van der Waals surface area contributed by atoms with Gasteiger partial charge in [-0.2, -0.15) is 0 Å². The molecule has 2 aromatic heterocycles. The fourth-order valence-electron chi connectivity index (χ4n) is 2.31. The Bertz CT molecular complexity index is 827. The summed E-state index contributed by atoms with van der Waals surface area (Å²) in [6.07, 6.45) is 6.96. The van der Waals surface area contributed by atoms with Gasteiger partial charge in [-0.1, -0.05) is 12.1 Å². The number of methoxy groups -OCH3 is 1. The maximum atomic E-state index is 12.3. The second-order valence-electron chi connectivity index (χ2n) is 5.36. The van der Waals surface area contributed by atoms with E-state index < -0.39 is 0 Å². The van der Waals surface area contributed by atoms with E-state index in [2.05, 4.69) is 15.3 Å². The highest BCUT2D eigenvalue weighted by Crippen LogP contribution is 2.18. The standard InChI is InChI=1S/C18H18N4O2/c1-13-3-5-15(9-16(13)24-2)18(23)21-11-14-4-6-17(20-10-14)22-8-7-19-12-22/h3-10,12H,11H2,1-2H3,(H,21,23). The number of carbonyl (C=O) groups is 1. The molecule has 0 atom stereocenters. The molecule has 0 aliphatic heterocycles. The first-order chi connectivity index (χ1) is 11.7. The first-order valence-corrected chi connectivity index (χ1v) is 7.53. The lowest BCUT2D eigenvalue weighted by atomic mass is 10.1. The number of rotatable bonds is 5. The molecule has 0 saturated heterocycles. The quantitative estimate of drug-likeness (QED) is 0.783. The van der Waals surface area contributed by atoms with Crippen LogP contribution in [0.15, 0.2) is 55.2 Å². The van der Waals surface area contributed by atoms with Crippen molar-refractivity contribution in [2.45, 2.75) is 13.5 Å². The summed E-state index contributed by atoms with van der Waals surface area (Å²) < 4.78 is 7.07. The van der Waals surface area contributed by atoms with Crippen LogP contribution in [0.3, 0.4) is 0 Å². The molecular formula is C18H18N4O2. The van der Waals surface area contributed by atoms with Gasteiger partial charge in [-0.3, -0.25) is 9.36 Å². The van der Waals surface area contributed by atoms with Crippen LogP contribution in [0.4, 0.5) is 0 Å². The first-order valence-electron chi connectivity index (χ1n) is 7.53. The van der Waals surface area contributed by atoms with Gasteiger partial charge in [-0.25, -0.2) is 9.97 Å². The second kappa shape index (κ2) is 6.95. The van der Waals surface area contributed by atoms with E-state index in [1.165, 1.54) is 0 Å². The topological polar surface area (TPSA) is 69.0 Å². The summed E-state index contributed by atoms with van der Waals surface area (Å²) in [5.74, 6) is 1.34. The molecule has 0 unspecified atom stereocenters. The normalized spacial score (nSPS) is 10.4. The van der Waals surface area contributed by atoms with E-state index in [1.54, 1.807) is 38.0 Å². The van der Waals surface area contributed by atoms with Gasteiger partial charge in [0.2, 0.25) is 0 Å². The third kappa shape index (κ3) is 3.43.